The Bertz CT molecular complexity index is 366. The van der Waals surface area contributed by atoms with E-state index in [1.54, 1.807) is 0 Å². The molecule has 1 aromatic carbocycles. The lowest BCUT2D eigenvalue weighted by molar-refractivity contribution is 0.604. The van der Waals surface area contributed by atoms with Crippen LogP contribution in [-0.4, -0.2) is 12.6 Å². The number of hydrogen-bond donors (Lipinski definition) is 1. The standard InChI is InChI=1S/C16H25N/c1-5-11-17-14(4)13(3)12-16-10-8-7-9-15(16)6-2/h7-10,12,14,17H,5-6,11H2,1-4H3/b13-12+. The zero-order valence-electron chi connectivity index (χ0n) is 11.6. The SMILES string of the molecule is CCCNC(C)/C(C)=C/c1ccccc1CC. The van der Waals surface area contributed by atoms with Crippen LogP contribution in [0.25, 0.3) is 6.08 Å². The summed E-state index contributed by atoms with van der Waals surface area (Å²) in [4.78, 5) is 0. The van der Waals surface area contributed by atoms with Crippen molar-refractivity contribution in [3.63, 3.8) is 0 Å². The predicted molar refractivity (Wildman–Crippen MR) is 77.2 cm³/mol. The molecule has 0 radical (unpaired) electrons. The zero-order chi connectivity index (χ0) is 12.7. The van der Waals surface area contributed by atoms with Crippen molar-refractivity contribution in [2.75, 3.05) is 6.54 Å². The lowest BCUT2D eigenvalue weighted by Gasteiger charge is -2.14. The van der Waals surface area contributed by atoms with E-state index in [0.717, 1.165) is 13.0 Å². The summed E-state index contributed by atoms with van der Waals surface area (Å²) in [6, 6.07) is 9.10. The normalized spacial score (nSPS) is 13.8. The van der Waals surface area contributed by atoms with E-state index >= 15 is 0 Å². The van der Waals surface area contributed by atoms with Crippen LogP contribution in [0.5, 0.6) is 0 Å². The van der Waals surface area contributed by atoms with Gasteiger partial charge in [0.1, 0.15) is 0 Å². The fourth-order valence-electron chi connectivity index (χ4n) is 1.89. The fraction of sp³-hybridized carbons (Fsp3) is 0.500. The molecule has 1 atom stereocenters. The monoisotopic (exact) mass is 231 g/mol. The van der Waals surface area contributed by atoms with Gasteiger partial charge in [0.15, 0.2) is 0 Å². The molecule has 0 spiro atoms. The number of rotatable bonds is 6. The van der Waals surface area contributed by atoms with Gasteiger partial charge in [-0.15, -0.1) is 0 Å². The largest absolute Gasteiger partial charge is 0.311 e. The first kappa shape index (κ1) is 14.0. The third-order valence-electron chi connectivity index (χ3n) is 3.20. The Hall–Kier alpha value is -1.08. The molecule has 1 aromatic rings. The van der Waals surface area contributed by atoms with E-state index in [4.69, 9.17) is 0 Å². The summed E-state index contributed by atoms with van der Waals surface area (Å²) in [6.07, 6.45) is 4.59. The van der Waals surface area contributed by atoms with Crippen molar-refractivity contribution in [3.05, 3.63) is 41.0 Å². The molecule has 1 rings (SSSR count). The highest BCUT2D eigenvalue weighted by molar-refractivity contribution is 5.57. The van der Waals surface area contributed by atoms with Crippen LogP contribution in [0.1, 0.15) is 45.2 Å². The van der Waals surface area contributed by atoms with E-state index in [1.807, 2.05) is 0 Å². The molecule has 0 aliphatic rings. The van der Waals surface area contributed by atoms with Crippen molar-refractivity contribution in [1.29, 1.82) is 0 Å². The number of aryl methyl sites for hydroxylation is 1. The predicted octanol–water partition coefficient (Wildman–Crippen LogP) is 4.04. The third kappa shape index (κ3) is 4.35. The van der Waals surface area contributed by atoms with Crippen LogP contribution in [0.15, 0.2) is 29.8 Å². The molecule has 17 heavy (non-hydrogen) atoms. The Balaban J connectivity index is 2.79. The lowest BCUT2D eigenvalue weighted by Crippen LogP contribution is -2.27. The molecule has 1 nitrogen and oxygen atoms in total. The molecule has 0 amide bonds. The maximum Gasteiger partial charge on any atom is 0.0251 e. The summed E-state index contributed by atoms with van der Waals surface area (Å²) >= 11 is 0. The number of nitrogens with one attached hydrogen (secondary N) is 1. The number of hydrogen-bond acceptors (Lipinski definition) is 1. The van der Waals surface area contributed by atoms with Gasteiger partial charge in [0.25, 0.3) is 0 Å². The lowest BCUT2D eigenvalue weighted by atomic mass is 10.0. The maximum atomic E-state index is 3.52. The minimum absolute atomic E-state index is 0.458. The van der Waals surface area contributed by atoms with Crippen molar-refractivity contribution in [1.82, 2.24) is 5.32 Å². The van der Waals surface area contributed by atoms with Gasteiger partial charge in [-0.1, -0.05) is 49.8 Å². The van der Waals surface area contributed by atoms with Crippen molar-refractivity contribution >= 4 is 6.08 Å². The van der Waals surface area contributed by atoms with Crippen molar-refractivity contribution in [2.45, 2.75) is 46.6 Å². The first-order valence-corrected chi connectivity index (χ1v) is 6.68. The van der Waals surface area contributed by atoms with Gasteiger partial charge >= 0.3 is 0 Å². The van der Waals surface area contributed by atoms with E-state index in [2.05, 4.69) is 63.4 Å². The van der Waals surface area contributed by atoms with Gasteiger partial charge in [-0.2, -0.15) is 0 Å². The topological polar surface area (TPSA) is 12.0 Å². The highest BCUT2D eigenvalue weighted by Crippen LogP contribution is 2.15. The molecular formula is C16H25N. The van der Waals surface area contributed by atoms with Crippen LogP contribution in [-0.2, 0) is 6.42 Å². The molecule has 1 N–H and O–H groups in total. The number of benzene rings is 1. The van der Waals surface area contributed by atoms with Crippen LogP contribution in [0.4, 0.5) is 0 Å². The van der Waals surface area contributed by atoms with Crippen molar-refractivity contribution in [3.8, 4) is 0 Å². The van der Waals surface area contributed by atoms with Crippen molar-refractivity contribution in [2.24, 2.45) is 0 Å². The molecule has 0 aliphatic heterocycles. The molecule has 0 saturated heterocycles. The minimum Gasteiger partial charge on any atom is -0.311 e. The molecule has 0 bridgehead atoms. The van der Waals surface area contributed by atoms with Crippen LogP contribution in [0, 0.1) is 0 Å². The fourth-order valence-corrected chi connectivity index (χ4v) is 1.89. The average Bonchev–Trinajstić information content (AvgIpc) is 2.36. The Morgan fingerprint density at radius 2 is 2.00 bits per heavy atom. The van der Waals surface area contributed by atoms with Crippen LogP contribution < -0.4 is 5.32 Å². The first-order valence-electron chi connectivity index (χ1n) is 6.68. The molecule has 0 aliphatic carbocycles. The summed E-state index contributed by atoms with van der Waals surface area (Å²) in [5, 5.41) is 3.52. The van der Waals surface area contributed by atoms with Gasteiger partial charge in [0, 0.05) is 6.04 Å². The second-order valence-corrected chi connectivity index (χ2v) is 4.62. The molecule has 0 saturated carbocycles. The van der Waals surface area contributed by atoms with Gasteiger partial charge in [0.2, 0.25) is 0 Å². The smallest absolute Gasteiger partial charge is 0.0251 e. The molecule has 94 valence electrons. The molecule has 0 fully saturated rings. The molecule has 1 unspecified atom stereocenters. The van der Waals surface area contributed by atoms with Gasteiger partial charge < -0.3 is 5.32 Å². The van der Waals surface area contributed by atoms with E-state index in [0.29, 0.717) is 6.04 Å². The second kappa shape index (κ2) is 7.29. The maximum absolute atomic E-state index is 3.52. The van der Waals surface area contributed by atoms with Gasteiger partial charge in [-0.25, -0.2) is 0 Å². The zero-order valence-corrected chi connectivity index (χ0v) is 11.6. The van der Waals surface area contributed by atoms with E-state index in [9.17, 15) is 0 Å². The Kier molecular flexibility index (Phi) is 5.99. The highest BCUT2D eigenvalue weighted by atomic mass is 14.9. The highest BCUT2D eigenvalue weighted by Gasteiger charge is 2.03. The summed E-state index contributed by atoms with van der Waals surface area (Å²) in [7, 11) is 0. The van der Waals surface area contributed by atoms with E-state index < -0.39 is 0 Å². The summed E-state index contributed by atoms with van der Waals surface area (Å²) < 4.78 is 0. The van der Waals surface area contributed by atoms with E-state index in [-0.39, 0.29) is 0 Å². The van der Waals surface area contributed by atoms with Gasteiger partial charge in [-0.05, 0) is 44.4 Å². The molecular weight excluding hydrogens is 206 g/mol. The first-order chi connectivity index (χ1) is 8.19. The van der Waals surface area contributed by atoms with E-state index in [1.165, 1.54) is 23.1 Å². The molecule has 1 heteroatoms. The summed E-state index contributed by atoms with van der Waals surface area (Å²) in [5.74, 6) is 0. The minimum atomic E-state index is 0.458. The van der Waals surface area contributed by atoms with Gasteiger partial charge in [-0.3, -0.25) is 0 Å². The van der Waals surface area contributed by atoms with Gasteiger partial charge in [0.05, 0.1) is 0 Å². The Morgan fingerprint density at radius 1 is 1.29 bits per heavy atom. The molecule has 0 aromatic heterocycles. The Morgan fingerprint density at radius 3 is 2.65 bits per heavy atom. The van der Waals surface area contributed by atoms with Crippen LogP contribution in [0.2, 0.25) is 0 Å². The van der Waals surface area contributed by atoms with Crippen LogP contribution >= 0.6 is 0 Å². The average molecular weight is 231 g/mol. The Labute approximate surface area is 106 Å². The third-order valence-corrected chi connectivity index (χ3v) is 3.20. The summed E-state index contributed by atoms with van der Waals surface area (Å²) in [6.45, 7) is 9.93. The van der Waals surface area contributed by atoms with Crippen LogP contribution in [0.3, 0.4) is 0 Å². The molecule has 0 heterocycles. The quantitative estimate of drug-likeness (QED) is 0.779. The van der Waals surface area contributed by atoms with Crippen molar-refractivity contribution < 1.29 is 0 Å². The second-order valence-electron chi connectivity index (χ2n) is 4.62. The summed E-state index contributed by atoms with van der Waals surface area (Å²) in [5.41, 5.74) is 4.19.